The van der Waals surface area contributed by atoms with Crippen LogP contribution in [0.25, 0.3) is 0 Å². The van der Waals surface area contributed by atoms with Gasteiger partial charge in [-0.25, -0.2) is 8.78 Å². The molecule has 2 fully saturated rings. The first-order chi connectivity index (χ1) is 16.5. The van der Waals surface area contributed by atoms with Gasteiger partial charge in [0.05, 0.1) is 5.02 Å². The summed E-state index contributed by atoms with van der Waals surface area (Å²) >= 11 is 7.90. The number of hydrogen-bond acceptors (Lipinski definition) is 3. The van der Waals surface area contributed by atoms with E-state index in [2.05, 4.69) is 0 Å². The molecule has 3 nitrogen and oxygen atoms in total. The number of carbonyl (C=O) groups is 1. The maximum absolute atomic E-state index is 14.0. The minimum atomic E-state index is -0.696. The Morgan fingerprint density at radius 3 is 2.38 bits per heavy atom. The number of thioether (sulfide) groups is 1. The molecule has 0 spiro atoms. The molecule has 3 aromatic carbocycles. The van der Waals surface area contributed by atoms with E-state index in [0.717, 1.165) is 40.1 Å². The van der Waals surface area contributed by atoms with Crippen molar-refractivity contribution < 1.29 is 18.3 Å². The molecular formula is C27H24ClF2NO2S. The second kappa shape index (κ2) is 9.96. The first-order valence-corrected chi connectivity index (χ1v) is 12.7. The fourth-order valence-corrected chi connectivity index (χ4v) is 6.12. The van der Waals surface area contributed by atoms with E-state index < -0.39 is 11.6 Å². The molecule has 2 aliphatic rings. The van der Waals surface area contributed by atoms with Gasteiger partial charge in [0.2, 0.25) is 0 Å². The number of rotatable bonds is 6. The Hall–Kier alpha value is -2.57. The number of ether oxygens (including phenoxy) is 1. The summed E-state index contributed by atoms with van der Waals surface area (Å²) in [6.07, 6.45) is 2.92. The summed E-state index contributed by atoms with van der Waals surface area (Å²) < 4.78 is 33.0. The van der Waals surface area contributed by atoms with Crippen molar-refractivity contribution in [1.29, 1.82) is 0 Å². The number of benzene rings is 3. The molecule has 2 bridgehead atoms. The summed E-state index contributed by atoms with van der Waals surface area (Å²) in [5.74, 6) is -0.455. The SMILES string of the molecule is O=C(c1ccc(CSc2ccccc2Cl)cc1)N1C2CCC1CC(Oc1ccc(F)cc1F)C2. The van der Waals surface area contributed by atoms with Crippen LogP contribution < -0.4 is 4.74 Å². The van der Waals surface area contributed by atoms with Crippen molar-refractivity contribution in [3.05, 3.63) is 94.5 Å². The Labute approximate surface area is 207 Å². The van der Waals surface area contributed by atoms with Crippen molar-refractivity contribution in [2.45, 2.75) is 54.5 Å². The van der Waals surface area contributed by atoms with E-state index in [1.807, 2.05) is 53.4 Å². The maximum Gasteiger partial charge on any atom is 0.254 e. The lowest BCUT2D eigenvalue weighted by Crippen LogP contribution is -2.49. The second-order valence-corrected chi connectivity index (χ2v) is 10.2. The molecule has 2 heterocycles. The molecule has 0 radical (unpaired) electrons. The zero-order valence-electron chi connectivity index (χ0n) is 18.4. The molecule has 1 amide bonds. The smallest absolute Gasteiger partial charge is 0.254 e. The third-order valence-electron chi connectivity index (χ3n) is 6.54. The molecule has 2 aliphatic heterocycles. The molecule has 5 rings (SSSR count). The summed E-state index contributed by atoms with van der Waals surface area (Å²) in [5, 5.41) is 0.740. The van der Waals surface area contributed by atoms with Gasteiger partial charge in [-0.1, -0.05) is 35.9 Å². The summed E-state index contributed by atoms with van der Waals surface area (Å²) in [5.41, 5.74) is 1.80. The monoisotopic (exact) mass is 499 g/mol. The number of piperidine rings is 1. The van der Waals surface area contributed by atoms with E-state index >= 15 is 0 Å². The van der Waals surface area contributed by atoms with Gasteiger partial charge in [-0.3, -0.25) is 4.79 Å². The number of carbonyl (C=O) groups excluding carboxylic acids is 1. The van der Waals surface area contributed by atoms with Gasteiger partial charge in [-0.15, -0.1) is 11.8 Å². The van der Waals surface area contributed by atoms with Crippen molar-refractivity contribution >= 4 is 29.3 Å². The van der Waals surface area contributed by atoms with E-state index in [-0.39, 0.29) is 29.8 Å². The second-order valence-electron chi connectivity index (χ2n) is 8.80. The molecule has 0 aromatic heterocycles. The van der Waals surface area contributed by atoms with Crippen LogP contribution in [0.4, 0.5) is 8.78 Å². The topological polar surface area (TPSA) is 29.5 Å². The summed E-state index contributed by atoms with van der Waals surface area (Å²) in [7, 11) is 0. The lowest BCUT2D eigenvalue weighted by Gasteiger charge is -2.39. The van der Waals surface area contributed by atoms with Crippen molar-refractivity contribution in [3.63, 3.8) is 0 Å². The molecule has 0 N–H and O–H groups in total. The molecule has 0 saturated carbocycles. The van der Waals surface area contributed by atoms with Crippen molar-refractivity contribution in [2.75, 3.05) is 0 Å². The Bertz CT molecular complexity index is 1180. The minimum absolute atomic E-state index is 0.0317. The highest BCUT2D eigenvalue weighted by Gasteiger charge is 2.44. The number of halogens is 3. The predicted molar refractivity (Wildman–Crippen MR) is 130 cm³/mol. The zero-order chi connectivity index (χ0) is 23.7. The van der Waals surface area contributed by atoms with Crippen LogP contribution >= 0.6 is 23.4 Å². The van der Waals surface area contributed by atoms with E-state index in [1.165, 1.54) is 12.1 Å². The van der Waals surface area contributed by atoms with Crippen LogP contribution in [0.3, 0.4) is 0 Å². The standard InChI is InChI=1S/C27H24ClF2NO2S/c28-23-3-1-2-4-26(23)34-16-17-5-7-18(8-6-17)27(32)31-20-10-11-21(31)15-22(14-20)33-25-12-9-19(29)13-24(25)30/h1-9,12-13,20-22H,10-11,14-16H2. The molecule has 0 aliphatic carbocycles. The Morgan fingerprint density at radius 2 is 1.71 bits per heavy atom. The Balaban J connectivity index is 1.21. The van der Waals surface area contributed by atoms with Crippen LogP contribution in [-0.2, 0) is 5.75 Å². The van der Waals surface area contributed by atoms with Gasteiger partial charge in [0.1, 0.15) is 11.9 Å². The molecule has 2 unspecified atom stereocenters. The quantitative estimate of drug-likeness (QED) is 0.338. The molecule has 7 heteroatoms. The van der Waals surface area contributed by atoms with E-state index in [9.17, 15) is 13.6 Å². The number of hydrogen-bond donors (Lipinski definition) is 0. The normalized spacial score (nSPS) is 21.5. The van der Waals surface area contributed by atoms with Crippen LogP contribution in [-0.4, -0.2) is 29.0 Å². The van der Waals surface area contributed by atoms with Crippen LogP contribution in [0, 0.1) is 11.6 Å². The highest BCUT2D eigenvalue weighted by molar-refractivity contribution is 7.98. The van der Waals surface area contributed by atoms with Crippen molar-refractivity contribution in [3.8, 4) is 5.75 Å². The molecule has 2 saturated heterocycles. The Morgan fingerprint density at radius 1 is 1.00 bits per heavy atom. The maximum atomic E-state index is 14.0. The molecular weight excluding hydrogens is 476 g/mol. The van der Waals surface area contributed by atoms with Gasteiger partial charge in [-0.05, 0) is 54.8 Å². The number of fused-ring (bicyclic) bond motifs is 2. The molecule has 2 atom stereocenters. The van der Waals surface area contributed by atoms with Crippen LogP contribution in [0.2, 0.25) is 5.02 Å². The first kappa shape index (κ1) is 23.2. The van der Waals surface area contributed by atoms with Gasteiger partial charge in [0.25, 0.3) is 5.91 Å². The lowest BCUT2D eigenvalue weighted by molar-refractivity contribution is 0.0349. The lowest BCUT2D eigenvalue weighted by atomic mass is 9.98. The van der Waals surface area contributed by atoms with Crippen LogP contribution in [0.5, 0.6) is 5.75 Å². The van der Waals surface area contributed by atoms with Gasteiger partial charge in [0, 0.05) is 47.2 Å². The van der Waals surface area contributed by atoms with Gasteiger partial charge >= 0.3 is 0 Å². The predicted octanol–water partition coefficient (Wildman–Crippen LogP) is 7.13. The average molecular weight is 500 g/mol. The average Bonchev–Trinajstić information content (AvgIpc) is 3.10. The highest BCUT2D eigenvalue weighted by Crippen LogP contribution is 2.39. The molecule has 176 valence electrons. The van der Waals surface area contributed by atoms with Crippen molar-refractivity contribution in [2.24, 2.45) is 0 Å². The number of amides is 1. The van der Waals surface area contributed by atoms with E-state index in [1.54, 1.807) is 11.8 Å². The van der Waals surface area contributed by atoms with E-state index in [4.69, 9.17) is 16.3 Å². The third-order valence-corrected chi connectivity index (χ3v) is 8.13. The minimum Gasteiger partial charge on any atom is -0.487 e. The largest absolute Gasteiger partial charge is 0.487 e. The first-order valence-electron chi connectivity index (χ1n) is 11.4. The van der Waals surface area contributed by atoms with Gasteiger partial charge < -0.3 is 9.64 Å². The summed E-state index contributed by atoms with van der Waals surface area (Å²) in [6.45, 7) is 0. The Kier molecular flexibility index (Phi) is 6.79. The summed E-state index contributed by atoms with van der Waals surface area (Å²) in [4.78, 5) is 16.3. The molecule has 3 aromatic rings. The molecule has 34 heavy (non-hydrogen) atoms. The van der Waals surface area contributed by atoms with Crippen molar-refractivity contribution in [1.82, 2.24) is 4.90 Å². The third kappa shape index (κ3) is 4.93. The van der Waals surface area contributed by atoms with Gasteiger partial charge in [0.15, 0.2) is 11.6 Å². The van der Waals surface area contributed by atoms with Crippen LogP contribution in [0.15, 0.2) is 71.6 Å². The van der Waals surface area contributed by atoms with Crippen LogP contribution in [0.1, 0.15) is 41.6 Å². The summed E-state index contributed by atoms with van der Waals surface area (Å²) in [6, 6.07) is 19.0. The van der Waals surface area contributed by atoms with E-state index in [0.29, 0.717) is 18.4 Å². The number of nitrogens with zero attached hydrogens (tertiary/aromatic N) is 1. The fraction of sp³-hybridized carbons (Fsp3) is 0.296. The fourth-order valence-electron chi connectivity index (χ4n) is 4.92. The highest BCUT2D eigenvalue weighted by atomic mass is 35.5. The van der Waals surface area contributed by atoms with Gasteiger partial charge in [-0.2, -0.15) is 0 Å². The zero-order valence-corrected chi connectivity index (χ0v) is 20.0.